The van der Waals surface area contributed by atoms with Gasteiger partial charge in [-0.15, -0.1) is 0 Å². The molecule has 0 unspecified atom stereocenters. The summed E-state index contributed by atoms with van der Waals surface area (Å²) in [5.41, 5.74) is 2.63. The van der Waals surface area contributed by atoms with Crippen LogP contribution in [0.3, 0.4) is 0 Å². The maximum atomic E-state index is 13.7. The highest BCUT2D eigenvalue weighted by atomic mass is 19.1. The zero-order valence-electron chi connectivity index (χ0n) is 20.2. The Morgan fingerprint density at radius 3 is 2.31 bits per heavy atom. The van der Waals surface area contributed by atoms with Crippen LogP contribution in [-0.2, 0) is 0 Å². The van der Waals surface area contributed by atoms with E-state index in [0.29, 0.717) is 35.8 Å². The Labute approximate surface area is 205 Å². The number of carbonyl (C=O) groups excluding carboxylic acids is 1. The number of benzene rings is 2. The molecule has 5 rings (SSSR count). The lowest BCUT2D eigenvalue weighted by Crippen LogP contribution is -2.50. The van der Waals surface area contributed by atoms with Gasteiger partial charge in [-0.25, -0.2) is 9.07 Å². The molecule has 2 aromatic carbocycles. The van der Waals surface area contributed by atoms with Gasteiger partial charge in [0.1, 0.15) is 17.3 Å². The van der Waals surface area contributed by atoms with Crippen molar-refractivity contribution in [1.29, 1.82) is 0 Å². The molecule has 0 spiro atoms. The molecule has 0 bridgehead atoms. The Balaban J connectivity index is 1.35. The molecular weight excluding hydrogens is 445 g/mol. The molecule has 0 N–H and O–H groups in total. The van der Waals surface area contributed by atoms with Crippen LogP contribution in [0.4, 0.5) is 4.39 Å². The van der Waals surface area contributed by atoms with E-state index in [0.717, 1.165) is 31.7 Å². The minimum absolute atomic E-state index is 0.0321. The first-order valence-corrected chi connectivity index (χ1v) is 12.3. The average Bonchev–Trinajstić information content (AvgIpc) is 3.58. The smallest absolute Gasteiger partial charge is 0.257 e. The molecule has 2 aliphatic heterocycles. The normalized spacial score (nSPS) is 17.1. The molecule has 0 aliphatic carbocycles. The predicted octanol–water partition coefficient (Wildman–Crippen LogP) is 3.54. The maximum absolute atomic E-state index is 13.7. The van der Waals surface area contributed by atoms with E-state index in [1.807, 2.05) is 29.2 Å². The van der Waals surface area contributed by atoms with E-state index in [2.05, 4.69) is 9.80 Å². The summed E-state index contributed by atoms with van der Waals surface area (Å²) in [6.45, 7) is 7.72. The molecule has 8 heteroatoms. The van der Waals surface area contributed by atoms with Crippen molar-refractivity contribution < 1.29 is 13.9 Å². The lowest BCUT2D eigenvalue weighted by atomic mass is 10.1. The number of hydrogen-bond donors (Lipinski definition) is 0. The number of hydrogen-bond acceptors (Lipinski definition) is 5. The molecule has 0 atom stereocenters. The predicted molar refractivity (Wildman–Crippen MR) is 134 cm³/mol. The zero-order chi connectivity index (χ0) is 24.2. The first-order valence-electron chi connectivity index (χ1n) is 12.3. The number of likely N-dealkylation sites (tertiary alicyclic amines) is 1. The molecule has 35 heavy (non-hydrogen) atoms. The van der Waals surface area contributed by atoms with Crippen molar-refractivity contribution in [2.45, 2.75) is 12.8 Å². The SMILES string of the molecule is COc1cccc(-c2nn(-c3ccc(F)cc3)cc2C(=O)N2CCN(CCN3CCCC3)CC2)c1. The summed E-state index contributed by atoms with van der Waals surface area (Å²) in [6.07, 6.45) is 4.37. The maximum Gasteiger partial charge on any atom is 0.257 e. The molecule has 2 saturated heterocycles. The van der Waals surface area contributed by atoms with Crippen LogP contribution >= 0.6 is 0 Å². The third kappa shape index (κ3) is 5.39. The molecule has 184 valence electrons. The highest BCUT2D eigenvalue weighted by Crippen LogP contribution is 2.28. The number of ether oxygens (including phenoxy) is 1. The molecule has 0 saturated carbocycles. The van der Waals surface area contributed by atoms with Crippen LogP contribution in [0, 0.1) is 5.82 Å². The van der Waals surface area contributed by atoms with Crippen molar-refractivity contribution in [3.63, 3.8) is 0 Å². The minimum Gasteiger partial charge on any atom is -0.497 e. The van der Waals surface area contributed by atoms with Gasteiger partial charge in [-0.05, 0) is 62.3 Å². The van der Waals surface area contributed by atoms with Gasteiger partial charge >= 0.3 is 0 Å². The zero-order valence-corrected chi connectivity index (χ0v) is 20.2. The standard InChI is InChI=1S/C27H32FN5O2/c1-35-24-6-4-5-21(19-24)26-25(20-33(29-26)23-9-7-22(28)8-10-23)27(34)32-17-15-31(16-18-32)14-13-30-11-2-3-12-30/h4-10,19-20H,2-3,11-18H2,1H3. The number of carbonyl (C=O) groups is 1. The number of methoxy groups -OCH3 is 1. The second-order valence-electron chi connectivity index (χ2n) is 9.23. The van der Waals surface area contributed by atoms with Gasteiger partial charge < -0.3 is 14.5 Å². The van der Waals surface area contributed by atoms with E-state index in [4.69, 9.17) is 9.84 Å². The molecule has 3 heterocycles. The van der Waals surface area contributed by atoms with Crippen molar-refractivity contribution in [2.75, 3.05) is 59.5 Å². The molecule has 7 nitrogen and oxygen atoms in total. The van der Waals surface area contributed by atoms with E-state index in [1.165, 1.54) is 38.1 Å². The third-order valence-corrected chi connectivity index (χ3v) is 6.97. The fraction of sp³-hybridized carbons (Fsp3) is 0.407. The number of aromatic nitrogens is 2. The van der Waals surface area contributed by atoms with Crippen LogP contribution in [0.5, 0.6) is 5.75 Å². The highest BCUT2D eigenvalue weighted by molar-refractivity contribution is 6.00. The Morgan fingerprint density at radius 2 is 1.63 bits per heavy atom. The number of amides is 1. The summed E-state index contributed by atoms with van der Waals surface area (Å²) in [4.78, 5) is 20.6. The summed E-state index contributed by atoms with van der Waals surface area (Å²) in [5.74, 6) is 0.354. The van der Waals surface area contributed by atoms with Gasteiger partial charge in [-0.3, -0.25) is 9.69 Å². The molecule has 2 aliphatic rings. The van der Waals surface area contributed by atoms with Crippen molar-refractivity contribution >= 4 is 5.91 Å². The van der Waals surface area contributed by atoms with Gasteiger partial charge in [-0.1, -0.05) is 12.1 Å². The summed E-state index contributed by atoms with van der Waals surface area (Å²) < 4.78 is 20.5. The van der Waals surface area contributed by atoms with Gasteiger partial charge in [-0.2, -0.15) is 5.10 Å². The number of rotatable bonds is 7. The van der Waals surface area contributed by atoms with E-state index in [-0.39, 0.29) is 11.7 Å². The van der Waals surface area contributed by atoms with Crippen LogP contribution in [0.25, 0.3) is 16.9 Å². The van der Waals surface area contributed by atoms with Gasteiger partial charge in [0.2, 0.25) is 0 Å². The van der Waals surface area contributed by atoms with E-state index >= 15 is 0 Å². The monoisotopic (exact) mass is 477 g/mol. The van der Waals surface area contributed by atoms with Crippen LogP contribution in [-0.4, -0.2) is 89.9 Å². The van der Waals surface area contributed by atoms with Gasteiger partial charge in [0.05, 0.1) is 18.4 Å². The van der Waals surface area contributed by atoms with Gasteiger partial charge in [0, 0.05) is 51.0 Å². The molecule has 1 amide bonds. The molecular formula is C27H32FN5O2. The summed E-state index contributed by atoms with van der Waals surface area (Å²) in [6, 6.07) is 13.7. The van der Waals surface area contributed by atoms with Crippen LogP contribution in [0.2, 0.25) is 0 Å². The Hall–Kier alpha value is -3.23. The lowest BCUT2D eigenvalue weighted by Gasteiger charge is -2.35. The largest absolute Gasteiger partial charge is 0.497 e. The molecule has 2 fully saturated rings. The molecule has 3 aromatic rings. The topological polar surface area (TPSA) is 53.8 Å². The minimum atomic E-state index is -0.312. The first kappa shape index (κ1) is 23.5. The second-order valence-corrected chi connectivity index (χ2v) is 9.23. The lowest BCUT2D eigenvalue weighted by molar-refractivity contribution is 0.0627. The fourth-order valence-electron chi connectivity index (χ4n) is 4.87. The highest BCUT2D eigenvalue weighted by Gasteiger charge is 2.27. The van der Waals surface area contributed by atoms with Crippen LogP contribution in [0.15, 0.2) is 54.7 Å². The van der Waals surface area contributed by atoms with Crippen molar-refractivity contribution in [3.8, 4) is 22.7 Å². The number of halogens is 1. The third-order valence-electron chi connectivity index (χ3n) is 6.97. The van der Waals surface area contributed by atoms with Gasteiger partial charge in [0.15, 0.2) is 0 Å². The fourth-order valence-corrected chi connectivity index (χ4v) is 4.87. The molecule has 0 radical (unpaired) electrons. The molecule has 1 aromatic heterocycles. The van der Waals surface area contributed by atoms with E-state index in [9.17, 15) is 9.18 Å². The van der Waals surface area contributed by atoms with Crippen molar-refractivity contribution in [1.82, 2.24) is 24.5 Å². The Morgan fingerprint density at radius 1 is 0.943 bits per heavy atom. The van der Waals surface area contributed by atoms with E-state index < -0.39 is 0 Å². The second kappa shape index (κ2) is 10.6. The number of piperazine rings is 1. The average molecular weight is 478 g/mol. The Kier molecular flexibility index (Phi) is 7.11. The van der Waals surface area contributed by atoms with Crippen LogP contribution < -0.4 is 4.74 Å². The van der Waals surface area contributed by atoms with Crippen LogP contribution in [0.1, 0.15) is 23.2 Å². The summed E-state index contributed by atoms with van der Waals surface area (Å²) in [7, 11) is 1.62. The van der Waals surface area contributed by atoms with Crippen molar-refractivity contribution in [2.24, 2.45) is 0 Å². The first-order chi connectivity index (χ1) is 17.1. The summed E-state index contributed by atoms with van der Waals surface area (Å²) >= 11 is 0. The quantitative estimate of drug-likeness (QED) is 0.521. The number of nitrogens with zero attached hydrogens (tertiary/aromatic N) is 5. The van der Waals surface area contributed by atoms with Crippen molar-refractivity contribution in [3.05, 3.63) is 66.1 Å². The van der Waals surface area contributed by atoms with Gasteiger partial charge in [0.25, 0.3) is 5.91 Å². The van der Waals surface area contributed by atoms with E-state index in [1.54, 1.807) is 30.1 Å². The summed E-state index contributed by atoms with van der Waals surface area (Å²) in [5, 5.41) is 4.74. The Bertz CT molecular complexity index is 1150.